The van der Waals surface area contributed by atoms with E-state index in [1.54, 1.807) is 11.4 Å². The lowest BCUT2D eigenvalue weighted by atomic mass is 10.1. The highest BCUT2D eigenvalue weighted by Crippen LogP contribution is 2.23. The SMILES string of the molecule is CCNCC(C)C(=O)Nc1ccsc1C(=O)OC. The number of amides is 1. The van der Waals surface area contributed by atoms with Crippen LogP contribution in [0.4, 0.5) is 5.69 Å². The minimum atomic E-state index is -0.431. The van der Waals surface area contributed by atoms with E-state index in [-0.39, 0.29) is 11.8 Å². The number of hydrogen-bond donors (Lipinski definition) is 2. The molecule has 6 heteroatoms. The Bertz CT molecular complexity index is 417. The predicted molar refractivity (Wildman–Crippen MR) is 72.0 cm³/mol. The Balaban J connectivity index is 2.64. The van der Waals surface area contributed by atoms with Crippen LogP contribution in [0.5, 0.6) is 0 Å². The first-order valence-corrected chi connectivity index (χ1v) is 6.65. The van der Waals surface area contributed by atoms with Crippen molar-refractivity contribution in [3.05, 3.63) is 16.3 Å². The van der Waals surface area contributed by atoms with Crippen LogP contribution in [0.3, 0.4) is 0 Å². The molecule has 1 rings (SSSR count). The van der Waals surface area contributed by atoms with Crippen LogP contribution >= 0.6 is 11.3 Å². The fourth-order valence-corrected chi connectivity index (χ4v) is 2.13. The number of thiophene rings is 1. The number of nitrogens with one attached hydrogen (secondary N) is 2. The summed E-state index contributed by atoms with van der Waals surface area (Å²) in [5.41, 5.74) is 0.514. The van der Waals surface area contributed by atoms with Crippen molar-refractivity contribution in [3.63, 3.8) is 0 Å². The van der Waals surface area contributed by atoms with Crippen LogP contribution < -0.4 is 10.6 Å². The molecule has 18 heavy (non-hydrogen) atoms. The summed E-state index contributed by atoms with van der Waals surface area (Å²) in [5, 5.41) is 7.60. The highest BCUT2D eigenvalue weighted by atomic mass is 32.1. The van der Waals surface area contributed by atoms with Gasteiger partial charge in [0.05, 0.1) is 12.8 Å². The topological polar surface area (TPSA) is 67.4 Å². The zero-order valence-corrected chi connectivity index (χ0v) is 11.6. The van der Waals surface area contributed by atoms with E-state index in [4.69, 9.17) is 0 Å². The van der Waals surface area contributed by atoms with E-state index in [1.165, 1.54) is 18.4 Å². The lowest BCUT2D eigenvalue weighted by molar-refractivity contribution is -0.119. The third-order valence-electron chi connectivity index (χ3n) is 2.44. The normalized spacial score (nSPS) is 11.9. The minimum Gasteiger partial charge on any atom is -0.465 e. The maximum absolute atomic E-state index is 11.9. The second-order valence-corrected chi connectivity index (χ2v) is 4.77. The van der Waals surface area contributed by atoms with Crippen LogP contribution in [0.15, 0.2) is 11.4 Å². The number of anilines is 1. The number of carbonyl (C=O) groups is 2. The van der Waals surface area contributed by atoms with Crippen LogP contribution in [-0.2, 0) is 9.53 Å². The second-order valence-electron chi connectivity index (χ2n) is 3.85. The van der Waals surface area contributed by atoms with E-state index in [0.717, 1.165) is 6.54 Å². The highest BCUT2D eigenvalue weighted by Gasteiger charge is 2.18. The Labute approximate surface area is 111 Å². The Morgan fingerprint density at radius 3 is 2.83 bits per heavy atom. The summed E-state index contributed by atoms with van der Waals surface area (Å²) in [5.74, 6) is -0.700. The summed E-state index contributed by atoms with van der Waals surface area (Å²) in [6.07, 6.45) is 0. The summed E-state index contributed by atoms with van der Waals surface area (Å²) in [4.78, 5) is 23.7. The molecule has 100 valence electrons. The lowest BCUT2D eigenvalue weighted by Gasteiger charge is -2.12. The molecule has 0 aliphatic carbocycles. The van der Waals surface area contributed by atoms with Crippen molar-refractivity contribution in [2.45, 2.75) is 13.8 Å². The molecule has 2 N–H and O–H groups in total. The smallest absolute Gasteiger partial charge is 0.350 e. The third-order valence-corrected chi connectivity index (χ3v) is 3.34. The molecule has 0 aliphatic heterocycles. The van der Waals surface area contributed by atoms with Crippen LogP contribution in [0.2, 0.25) is 0 Å². The number of rotatable bonds is 6. The molecule has 1 atom stereocenters. The lowest BCUT2D eigenvalue weighted by Crippen LogP contribution is -2.30. The molecule has 0 radical (unpaired) electrons. The quantitative estimate of drug-likeness (QED) is 0.772. The van der Waals surface area contributed by atoms with Gasteiger partial charge in [-0.25, -0.2) is 4.79 Å². The van der Waals surface area contributed by atoms with Crippen LogP contribution in [0, 0.1) is 5.92 Å². The number of hydrogen-bond acceptors (Lipinski definition) is 5. The van der Waals surface area contributed by atoms with Crippen molar-refractivity contribution in [2.75, 3.05) is 25.5 Å². The highest BCUT2D eigenvalue weighted by molar-refractivity contribution is 7.12. The average molecular weight is 270 g/mol. The molecule has 1 aromatic heterocycles. The van der Waals surface area contributed by atoms with Crippen molar-refractivity contribution in [1.82, 2.24) is 5.32 Å². The van der Waals surface area contributed by atoms with Gasteiger partial charge in [0.2, 0.25) is 5.91 Å². The Hall–Kier alpha value is -1.40. The van der Waals surface area contributed by atoms with Crippen LogP contribution in [0.25, 0.3) is 0 Å². The van der Waals surface area contributed by atoms with Gasteiger partial charge in [0, 0.05) is 12.5 Å². The Kier molecular flexibility index (Phi) is 5.80. The van der Waals surface area contributed by atoms with Gasteiger partial charge in [-0.15, -0.1) is 11.3 Å². The largest absolute Gasteiger partial charge is 0.465 e. The monoisotopic (exact) mass is 270 g/mol. The van der Waals surface area contributed by atoms with Gasteiger partial charge in [-0.3, -0.25) is 4.79 Å². The fourth-order valence-electron chi connectivity index (χ4n) is 1.37. The van der Waals surface area contributed by atoms with Gasteiger partial charge in [0.15, 0.2) is 0 Å². The second kappa shape index (κ2) is 7.13. The summed E-state index contributed by atoms with van der Waals surface area (Å²) in [6.45, 7) is 5.25. The van der Waals surface area contributed by atoms with Gasteiger partial charge < -0.3 is 15.4 Å². The molecule has 0 fully saturated rings. The van der Waals surface area contributed by atoms with Crippen molar-refractivity contribution in [1.29, 1.82) is 0 Å². The Morgan fingerprint density at radius 2 is 2.22 bits per heavy atom. The minimum absolute atomic E-state index is 0.112. The maximum Gasteiger partial charge on any atom is 0.350 e. The van der Waals surface area contributed by atoms with Gasteiger partial charge in [-0.2, -0.15) is 0 Å². The van der Waals surface area contributed by atoms with Gasteiger partial charge in [-0.05, 0) is 18.0 Å². The summed E-state index contributed by atoms with van der Waals surface area (Å²) < 4.78 is 4.65. The van der Waals surface area contributed by atoms with Crippen molar-refractivity contribution >= 4 is 28.9 Å². The average Bonchev–Trinajstić information content (AvgIpc) is 2.82. The van der Waals surface area contributed by atoms with E-state index in [0.29, 0.717) is 17.1 Å². The predicted octanol–water partition coefficient (Wildman–Crippen LogP) is 1.72. The van der Waals surface area contributed by atoms with E-state index < -0.39 is 5.97 Å². The van der Waals surface area contributed by atoms with Crippen molar-refractivity contribution in [2.24, 2.45) is 5.92 Å². The zero-order chi connectivity index (χ0) is 13.5. The van der Waals surface area contributed by atoms with Gasteiger partial charge in [0.1, 0.15) is 4.88 Å². The van der Waals surface area contributed by atoms with Gasteiger partial charge in [-0.1, -0.05) is 13.8 Å². The summed E-state index contributed by atoms with van der Waals surface area (Å²) in [7, 11) is 1.32. The molecule has 0 saturated carbocycles. The molecule has 1 unspecified atom stereocenters. The molecular weight excluding hydrogens is 252 g/mol. The maximum atomic E-state index is 11.9. The first-order valence-electron chi connectivity index (χ1n) is 5.77. The molecule has 1 heterocycles. The van der Waals surface area contributed by atoms with Crippen LogP contribution in [0.1, 0.15) is 23.5 Å². The Morgan fingerprint density at radius 1 is 1.50 bits per heavy atom. The number of ether oxygens (including phenoxy) is 1. The van der Waals surface area contributed by atoms with E-state index >= 15 is 0 Å². The molecule has 1 amide bonds. The van der Waals surface area contributed by atoms with Crippen molar-refractivity contribution in [3.8, 4) is 0 Å². The first kappa shape index (κ1) is 14.7. The van der Waals surface area contributed by atoms with Gasteiger partial charge in [0.25, 0.3) is 0 Å². The first-order chi connectivity index (χ1) is 8.60. The molecule has 5 nitrogen and oxygen atoms in total. The van der Waals surface area contributed by atoms with E-state index in [1.807, 2.05) is 13.8 Å². The van der Waals surface area contributed by atoms with E-state index in [9.17, 15) is 9.59 Å². The number of esters is 1. The standard InChI is InChI=1S/C12H18N2O3S/c1-4-13-7-8(2)11(15)14-9-5-6-18-10(9)12(16)17-3/h5-6,8,13H,4,7H2,1-3H3,(H,14,15). The third kappa shape index (κ3) is 3.82. The molecule has 0 bridgehead atoms. The molecule has 0 spiro atoms. The summed E-state index contributed by atoms with van der Waals surface area (Å²) in [6, 6.07) is 1.70. The van der Waals surface area contributed by atoms with Gasteiger partial charge >= 0.3 is 5.97 Å². The number of carbonyl (C=O) groups excluding carboxylic acids is 2. The number of methoxy groups -OCH3 is 1. The molecule has 1 aromatic rings. The molecule has 0 aromatic carbocycles. The fraction of sp³-hybridized carbons (Fsp3) is 0.500. The molecule has 0 saturated heterocycles. The summed E-state index contributed by atoms with van der Waals surface area (Å²) >= 11 is 1.25. The van der Waals surface area contributed by atoms with Crippen LogP contribution in [-0.4, -0.2) is 32.1 Å². The van der Waals surface area contributed by atoms with E-state index in [2.05, 4.69) is 15.4 Å². The van der Waals surface area contributed by atoms with Crippen molar-refractivity contribution < 1.29 is 14.3 Å². The molecule has 0 aliphatic rings. The zero-order valence-electron chi connectivity index (χ0n) is 10.8. The molecular formula is C12H18N2O3S.